The minimum atomic E-state index is -1.26. The van der Waals surface area contributed by atoms with Gasteiger partial charge in [0.1, 0.15) is 0 Å². The lowest BCUT2D eigenvalue weighted by Gasteiger charge is -1.85. The molecular formula is C12H18O10. The molecular weight excluding hydrogens is 304 g/mol. The van der Waals surface area contributed by atoms with Crippen molar-refractivity contribution in [2.24, 2.45) is 0 Å². The number of carboxylic acids is 4. The third-order valence-electron chi connectivity index (χ3n) is 1.30. The van der Waals surface area contributed by atoms with Crippen LogP contribution in [0.4, 0.5) is 0 Å². The van der Waals surface area contributed by atoms with E-state index in [4.69, 9.17) is 30.6 Å². The standard InChI is InChI=1S/2C4H4O4.C4H10O2/c2*5-3(6)1-2-4(7)8;5-3-1-2-4-6/h2*1-2H,(H,5,6)(H,7,8);5-6H,1-4H2/b2*2-1-;. The molecule has 0 aromatic heterocycles. The van der Waals surface area contributed by atoms with Gasteiger partial charge in [-0.25, -0.2) is 19.2 Å². The van der Waals surface area contributed by atoms with Crippen molar-refractivity contribution in [2.45, 2.75) is 12.8 Å². The molecule has 0 aromatic carbocycles. The Morgan fingerprint density at radius 1 is 0.545 bits per heavy atom. The largest absolute Gasteiger partial charge is 0.478 e. The second-order valence-electron chi connectivity index (χ2n) is 3.17. The van der Waals surface area contributed by atoms with Gasteiger partial charge < -0.3 is 30.6 Å². The molecule has 0 unspecified atom stereocenters. The molecule has 10 nitrogen and oxygen atoms in total. The first-order valence-corrected chi connectivity index (χ1v) is 5.66. The van der Waals surface area contributed by atoms with E-state index in [2.05, 4.69) is 0 Å². The second kappa shape index (κ2) is 18.3. The Morgan fingerprint density at radius 3 is 0.818 bits per heavy atom. The Labute approximate surface area is 125 Å². The maximum Gasteiger partial charge on any atom is 0.328 e. The highest BCUT2D eigenvalue weighted by Gasteiger charge is 1.88. The van der Waals surface area contributed by atoms with E-state index in [1.807, 2.05) is 0 Å². The number of hydrogen-bond acceptors (Lipinski definition) is 6. The predicted molar refractivity (Wildman–Crippen MR) is 72.2 cm³/mol. The van der Waals surface area contributed by atoms with Crippen molar-refractivity contribution in [1.29, 1.82) is 0 Å². The molecule has 0 aliphatic rings. The van der Waals surface area contributed by atoms with Crippen molar-refractivity contribution in [3.63, 3.8) is 0 Å². The van der Waals surface area contributed by atoms with Crippen LogP contribution in [0.1, 0.15) is 12.8 Å². The van der Waals surface area contributed by atoms with E-state index >= 15 is 0 Å². The first-order chi connectivity index (χ1) is 10.2. The van der Waals surface area contributed by atoms with Crippen LogP contribution in [-0.2, 0) is 19.2 Å². The minimum Gasteiger partial charge on any atom is -0.478 e. The van der Waals surface area contributed by atoms with E-state index in [1.54, 1.807) is 0 Å². The number of carboxylic acid groups (broad SMARTS) is 4. The Kier molecular flexibility index (Phi) is 20.2. The summed E-state index contributed by atoms with van der Waals surface area (Å²) in [6, 6.07) is 0. The molecule has 0 atom stereocenters. The maximum absolute atomic E-state index is 9.55. The molecule has 0 aliphatic heterocycles. The molecule has 0 saturated heterocycles. The average Bonchev–Trinajstić information content (AvgIpc) is 2.42. The van der Waals surface area contributed by atoms with Gasteiger partial charge >= 0.3 is 23.9 Å². The third-order valence-corrected chi connectivity index (χ3v) is 1.30. The van der Waals surface area contributed by atoms with Crippen LogP contribution in [0.15, 0.2) is 24.3 Å². The second-order valence-corrected chi connectivity index (χ2v) is 3.17. The number of unbranched alkanes of at least 4 members (excludes halogenated alkanes) is 1. The molecule has 6 N–H and O–H groups in total. The van der Waals surface area contributed by atoms with Gasteiger partial charge in [0.25, 0.3) is 0 Å². The minimum absolute atomic E-state index is 0.195. The number of hydrogen-bond donors (Lipinski definition) is 6. The van der Waals surface area contributed by atoms with Gasteiger partial charge in [-0.15, -0.1) is 0 Å². The summed E-state index contributed by atoms with van der Waals surface area (Å²) in [4.78, 5) is 38.2. The summed E-state index contributed by atoms with van der Waals surface area (Å²) in [6.07, 6.45) is 3.67. The monoisotopic (exact) mass is 322 g/mol. The normalized spacial score (nSPS) is 9.36. The lowest BCUT2D eigenvalue weighted by molar-refractivity contribution is -0.134. The zero-order chi connectivity index (χ0) is 18.0. The Morgan fingerprint density at radius 2 is 0.727 bits per heavy atom. The first kappa shape index (κ1) is 24.3. The lowest BCUT2D eigenvalue weighted by Crippen LogP contribution is -1.91. The zero-order valence-electron chi connectivity index (χ0n) is 11.5. The molecule has 0 amide bonds. The van der Waals surface area contributed by atoms with E-state index in [0.29, 0.717) is 24.3 Å². The van der Waals surface area contributed by atoms with E-state index < -0.39 is 23.9 Å². The number of aliphatic hydroxyl groups excluding tert-OH is 2. The van der Waals surface area contributed by atoms with E-state index in [1.165, 1.54) is 0 Å². The Bertz CT molecular complexity index is 327. The van der Waals surface area contributed by atoms with Gasteiger partial charge in [0.05, 0.1) is 0 Å². The van der Waals surface area contributed by atoms with Crippen LogP contribution in [0.3, 0.4) is 0 Å². The van der Waals surface area contributed by atoms with Crippen LogP contribution in [0.25, 0.3) is 0 Å². The summed E-state index contributed by atoms with van der Waals surface area (Å²) >= 11 is 0. The topological polar surface area (TPSA) is 190 Å². The number of rotatable bonds is 7. The fourth-order valence-electron chi connectivity index (χ4n) is 0.509. The van der Waals surface area contributed by atoms with Gasteiger partial charge in [-0.05, 0) is 12.8 Å². The fourth-order valence-corrected chi connectivity index (χ4v) is 0.509. The molecule has 0 fully saturated rings. The molecule has 0 aliphatic carbocycles. The zero-order valence-corrected chi connectivity index (χ0v) is 11.5. The molecule has 126 valence electrons. The molecule has 0 bridgehead atoms. The summed E-state index contributed by atoms with van der Waals surface area (Å²) < 4.78 is 0. The van der Waals surface area contributed by atoms with Crippen molar-refractivity contribution < 1.29 is 49.8 Å². The first-order valence-electron chi connectivity index (χ1n) is 5.66. The van der Waals surface area contributed by atoms with Gasteiger partial charge in [0, 0.05) is 37.5 Å². The van der Waals surface area contributed by atoms with Crippen molar-refractivity contribution in [2.75, 3.05) is 13.2 Å². The highest BCUT2D eigenvalue weighted by Crippen LogP contribution is 1.80. The summed E-state index contributed by atoms with van der Waals surface area (Å²) in [5, 5.41) is 47.4. The van der Waals surface area contributed by atoms with E-state index in [-0.39, 0.29) is 13.2 Å². The van der Waals surface area contributed by atoms with Crippen LogP contribution in [0.2, 0.25) is 0 Å². The smallest absolute Gasteiger partial charge is 0.328 e. The van der Waals surface area contributed by atoms with Crippen LogP contribution in [0.5, 0.6) is 0 Å². The molecule has 0 saturated carbocycles. The number of aliphatic hydroxyl groups is 2. The fraction of sp³-hybridized carbons (Fsp3) is 0.333. The summed E-state index contributed by atoms with van der Waals surface area (Å²) in [6.45, 7) is 0.390. The van der Waals surface area contributed by atoms with Crippen molar-refractivity contribution in [1.82, 2.24) is 0 Å². The Hall–Kier alpha value is -2.72. The van der Waals surface area contributed by atoms with Crippen molar-refractivity contribution in [3.8, 4) is 0 Å². The number of carbonyl (C=O) groups is 4. The predicted octanol–water partition coefficient (Wildman–Crippen LogP) is -0.825. The highest BCUT2D eigenvalue weighted by atomic mass is 16.4. The summed E-state index contributed by atoms with van der Waals surface area (Å²) in [5.74, 6) is -5.03. The van der Waals surface area contributed by atoms with Gasteiger partial charge in [-0.3, -0.25) is 0 Å². The molecule has 0 aromatic rings. The average molecular weight is 322 g/mol. The highest BCUT2D eigenvalue weighted by molar-refractivity contribution is 5.90. The molecule has 22 heavy (non-hydrogen) atoms. The maximum atomic E-state index is 9.55. The number of aliphatic carboxylic acids is 4. The molecule has 0 rings (SSSR count). The van der Waals surface area contributed by atoms with Crippen LogP contribution >= 0.6 is 0 Å². The van der Waals surface area contributed by atoms with Crippen LogP contribution in [0, 0.1) is 0 Å². The van der Waals surface area contributed by atoms with Crippen LogP contribution < -0.4 is 0 Å². The van der Waals surface area contributed by atoms with E-state index in [0.717, 1.165) is 12.8 Å². The van der Waals surface area contributed by atoms with Gasteiger partial charge in [-0.1, -0.05) is 0 Å². The van der Waals surface area contributed by atoms with E-state index in [9.17, 15) is 19.2 Å². The van der Waals surface area contributed by atoms with Gasteiger partial charge in [0.2, 0.25) is 0 Å². The van der Waals surface area contributed by atoms with Crippen LogP contribution in [-0.4, -0.2) is 67.7 Å². The molecule has 10 heteroatoms. The summed E-state index contributed by atoms with van der Waals surface area (Å²) in [7, 11) is 0. The molecule has 0 heterocycles. The molecule has 0 radical (unpaired) electrons. The molecule has 0 spiro atoms. The lowest BCUT2D eigenvalue weighted by atomic mass is 10.3. The van der Waals surface area contributed by atoms with Crippen molar-refractivity contribution >= 4 is 23.9 Å². The van der Waals surface area contributed by atoms with Gasteiger partial charge in [-0.2, -0.15) is 0 Å². The third kappa shape index (κ3) is 43.3. The van der Waals surface area contributed by atoms with Crippen molar-refractivity contribution in [3.05, 3.63) is 24.3 Å². The Balaban J connectivity index is -0.000000249. The quantitative estimate of drug-likeness (QED) is 0.255. The summed E-state index contributed by atoms with van der Waals surface area (Å²) in [5.41, 5.74) is 0. The SMILES string of the molecule is O=C(O)/C=C\C(=O)O.O=C(O)/C=C\C(=O)O.OCCCCO. The van der Waals surface area contributed by atoms with Gasteiger partial charge in [0.15, 0.2) is 0 Å².